The summed E-state index contributed by atoms with van der Waals surface area (Å²) in [5, 5.41) is 19.0. The number of aliphatic hydroxyl groups excluding tert-OH is 1. The molecule has 2 fully saturated rings. The number of ketones is 1. The smallest absolute Gasteiger partial charge is 0.303 e. The number of rotatable bonds is 14. The highest BCUT2D eigenvalue weighted by Crippen LogP contribution is 2.36. The van der Waals surface area contributed by atoms with E-state index < -0.39 is 42.2 Å². The zero-order chi connectivity index (χ0) is 24.3. The minimum absolute atomic E-state index is 0.0518. The highest BCUT2D eigenvalue weighted by molar-refractivity contribution is 5.84. The highest BCUT2D eigenvalue weighted by Gasteiger charge is 2.43. The fourth-order valence-corrected chi connectivity index (χ4v) is 4.35. The van der Waals surface area contributed by atoms with Crippen LogP contribution in [-0.4, -0.2) is 53.0 Å². The van der Waals surface area contributed by atoms with Gasteiger partial charge in [0.1, 0.15) is 11.9 Å². The van der Waals surface area contributed by atoms with E-state index in [2.05, 4.69) is 0 Å². The number of aliphatic hydroxyl groups is 1. The number of hydrogen-bond donors (Lipinski definition) is 2. The number of carbonyl (C=O) groups is 2. The van der Waals surface area contributed by atoms with Gasteiger partial charge in [-0.3, -0.25) is 9.59 Å². The minimum Gasteiger partial charge on any atom is -0.481 e. The third kappa shape index (κ3) is 9.26. The molecule has 0 amide bonds. The zero-order valence-electron chi connectivity index (χ0n) is 19.5. The van der Waals surface area contributed by atoms with Crippen molar-refractivity contribution < 1.29 is 38.1 Å². The summed E-state index contributed by atoms with van der Waals surface area (Å²) < 4.78 is 41.4. The standard InChI is InChI=1S/C25H38F2O6/c1-2-3-11-22(33-24-13-8-9-16-32-24)25(26,27)15-14-19-18(20(28)17-21(19)29)10-6-4-5-7-12-23(30)31/h4,6,14-15,18-19,21-22,24,29H,2-3,5,7-13,16-17H2,1H3,(H,30,31)/b6-4-,15-14+/t18-,19-,21-,22?,24?/m1/s1. The lowest BCUT2D eigenvalue weighted by Crippen LogP contribution is -2.39. The zero-order valence-corrected chi connectivity index (χ0v) is 19.5. The van der Waals surface area contributed by atoms with Gasteiger partial charge in [-0.1, -0.05) is 38.0 Å². The maximum atomic E-state index is 15.1. The molecule has 1 aliphatic heterocycles. The summed E-state index contributed by atoms with van der Waals surface area (Å²) in [5.74, 6) is -5.52. The Balaban J connectivity index is 2.01. The summed E-state index contributed by atoms with van der Waals surface area (Å²) in [4.78, 5) is 22.9. The van der Waals surface area contributed by atoms with Crippen molar-refractivity contribution in [3.8, 4) is 0 Å². The van der Waals surface area contributed by atoms with Gasteiger partial charge in [0.2, 0.25) is 0 Å². The van der Waals surface area contributed by atoms with Crippen LogP contribution in [0.15, 0.2) is 24.3 Å². The third-order valence-electron chi connectivity index (χ3n) is 6.29. The van der Waals surface area contributed by atoms with E-state index in [1.54, 1.807) is 12.2 Å². The molecule has 1 saturated heterocycles. The molecule has 6 nitrogen and oxygen atoms in total. The Kier molecular flexibility index (Phi) is 11.6. The predicted octanol–water partition coefficient (Wildman–Crippen LogP) is 5.05. The van der Waals surface area contributed by atoms with Crippen molar-refractivity contribution >= 4 is 11.8 Å². The average molecular weight is 473 g/mol. The van der Waals surface area contributed by atoms with Gasteiger partial charge >= 0.3 is 5.97 Å². The molecule has 2 rings (SSSR count). The molecule has 0 aromatic heterocycles. The summed E-state index contributed by atoms with van der Waals surface area (Å²) in [6, 6.07) is 0. The Hall–Kier alpha value is -1.64. The quantitative estimate of drug-likeness (QED) is 0.272. The highest BCUT2D eigenvalue weighted by atomic mass is 19.3. The molecule has 1 saturated carbocycles. The predicted molar refractivity (Wildman–Crippen MR) is 120 cm³/mol. The lowest BCUT2D eigenvalue weighted by atomic mass is 9.89. The number of alkyl halides is 2. The van der Waals surface area contributed by atoms with Gasteiger partial charge in [-0.2, -0.15) is 8.78 Å². The number of carbonyl (C=O) groups excluding carboxylic acids is 1. The molecule has 5 atom stereocenters. The summed E-state index contributed by atoms with van der Waals surface area (Å²) >= 11 is 0. The van der Waals surface area contributed by atoms with Crippen molar-refractivity contribution in [3.63, 3.8) is 0 Å². The van der Waals surface area contributed by atoms with Gasteiger partial charge in [-0.15, -0.1) is 0 Å². The van der Waals surface area contributed by atoms with Crippen molar-refractivity contribution in [3.05, 3.63) is 24.3 Å². The first kappa shape index (κ1) is 27.6. The Morgan fingerprint density at radius 2 is 2.09 bits per heavy atom. The molecule has 0 bridgehead atoms. The number of Topliss-reactive ketones (excluding diaryl/α,β-unsaturated/α-hetero) is 1. The van der Waals surface area contributed by atoms with Crippen molar-refractivity contribution in [2.24, 2.45) is 11.8 Å². The summed E-state index contributed by atoms with van der Waals surface area (Å²) in [5.41, 5.74) is 0. The molecule has 0 aromatic rings. The number of carboxylic acid groups (broad SMARTS) is 1. The van der Waals surface area contributed by atoms with Crippen LogP contribution in [0.2, 0.25) is 0 Å². The number of hydrogen-bond acceptors (Lipinski definition) is 5. The number of allylic oxidation sites excluding steroid dienone is 2. The third-order valence-corrected chi connectivity index (χ3v) is 6.29. The van der Waals surface area contributed by atoms with Crippen molar-refractivity contribution in [2.75, 3.05) is 6.61 Å². The van der Waals surface area contributed by atoms with Crippen molar-refractivity contribution in [1.82, 2.24) is 0 Å². The van der Waals surface area contributed by atoms with Gasteiger partial charge in [-0.25, -0.2) is 0 Å². The molecule has 0 radical (unpaired) electrons. The van der Waals surface area contributed by atoms with Crippen molar-refractivity contribution in [1.29, 1.82) is 0 Å². The minimum atomic E-state index is -3.25. The van der Waals surface area contributed by atoms with Crippen LogP contribution < -0.4 is 0 Å². The molecule has 1 aliphatic carbocycles. The Bertz CT molecular complexity index is 672. The van der Waals surface area contributed by atoms with E-state index in [-0.39, 0.29) is 25.0 Å². The van der Waals surface area contributed by atoms with Gasteiger partial charge < -0.3 is 19.7 Å². The number of aliphatic carboxylic acids is 1. The topological polar surface area (TPSA) is 93.1 Å². The molecule has 33 heavy (non-hydrogen) atoms. The van der Waals surface area contributed by atoms with Crippen LogP contribution in [0, 0.1) is 11.8 Å². The fourth-order valence-electron chi connectivity index (χ4n) is 4.35. The van der Waals surface area contributed by atoms with Gasteiger partial charge in [0.25, 0.3) is 5.92 Å². The normalized spacial score (nSPS) is 27.6. The first-order chi connectivity index (χ1) is 15.7. The van der Waals surface area contributed by atoms with Crippen LogP contribution in [0.4, 0.5) is 8.78 Å². The van der Waals surface area contributed by atoms with Crippen LogP contribution in [0.5, 0.6) is 0 Å². The van der Waals surface area contributed by atoms with E-state index in [4.69, 9.17) is 14.6 Å². The molecule has 188 valence electrons. The van der Waals surface area contributed by atoms with E-state index in [0.29, 0.717) is 38.7 Å². The lowest BCUT2D eigenvalue weighted by molar-refractivity contribution is -0.229. The SMILES string of the molecule is CCCCC(OC1CCCCO1)C(F)(F)/C=C/[C@H]1[C@H](O)CC(=O)[C@@H]1C/C=C\CCCC(=O)O. The average Bonchev–Trinajstić information content (AvgIpc) is 3.04. The molecule has 1 heterocycles. The number of ether oxygens (including phenoxy) is 2. The fraction of sp³-hybridized carbons (Fsp3) is 0.760. The summed E-state index contributed by atoms with van der Waals surface area (Å²) in [6.45, 7) is 2.44. The van der Waals surface area contributed by atoms with Gasteiger partial charge in [-0.05, 0) is 51.0 Å². The first-order valence-electron chi connectivity index (χ1n) is 12.2. The second-order valence-electron chi connectivity index (χ2n) is 9.01. The maximum absolute atomic E-state index is 15.1. The lowest BCUT2D eigenvalue weighted by Gasteiger charge is -2.31. The Morgan fingerprint density at radius 3 is 2.76 bits per heavy atom. The molecule has 0 spiro atoms. The van der Waals surface area contributed by atoms with Gasteiger partial charge in [0, 0.05) is 31.3 Å². The summed E-state index contributed by atoms with van der Waals surface area (Å²) in [6.07, 6.45) is 8.05. The Labute approximate surface area is 195 Å². The van der Waals surface area contributed by atoms with Crippen LogP contribution >= 0.6 is 0 Å². The number of unbranched alkanes of at least 4 members (excludes halogenated alkanes) is 2. The van der Waals surface area contributed by atoms with Crippen LogP contribution in [0.25, 0.3) is 0 Å². The second-order valence-corrected chi connectivity index (χ2v) is 9.01. The van der Waals surface area contributed by atoms with Gasteiger partial charge in [0.15, 0.2) is 6.29 Å². The summed E-state index contributed by atoms with van der Waals surface area (Å²) in [7, 11) is 0. The molecule has 0 aromatic carbocycles. The van der Waals surface area contributed by atoms with Crippen molar-refractivity contribution in [2.45, 2.75) is 102 Å². The second kappa shape index (κ2) is 13.9. The number of halogens is 2. The van der Waals surface area contributed by atoms with E-state index in [0.717, 1.165) is 25.3 Å². The van der Waals surface area contributed by atoms with Crippen LogP contribution in [0.1, 0.15) is 77.6 Å². The molecule has 8 heteroatoms. The van der Waals surface area contributed by atoms with E-state index >= 15 is 8.78 Å². The number of carboxylic acids is 1. The maximum Gasteiger partial charge on any atom is 0.303 e. The molecular formula is C25H38F2O6. The van der Waals surface area contributed by atoms with E-state index in [1.807, 2.05) is 6.92 Å². The Morgan fingerprint density at radius 1 is 1.30 bits per heavy atom. The molecule has 2 aliphatic rings. The first-order valence-corrected chi connectivity index (χ1v) is 12.2. The van der Waals surface area contributed by atoms with E-state index in [1.165, 1.54) is 6.08 Å². The van der Waals surface area contributed by atoms with E-state index in [9.17, 15) is 14.7 Å². The van der Waals surface area contributed by atoms with Gasteiger partial charge in [0.05, 0.1) is 6.10 Å². The largest absolute Gasteiger partial charge is 0.481 e. The molecule has 2 unspecified atom stereocenters. The van der Waals surface area contributed by atoms with Crippen LogP contribution in [-0.2, 0) is 19.1 Å². The monoisotopic (exact) mass is 472 g/mol. The molecular weight excluding hydrogens is 434 g/mol. The molecule has 2 N–H and O–H groups in total. The van der Waals surface area contributed by atoms with Crippen LogP contribution in [0.3, 0.4) is 0 Å².